The summed E-state index contributed by atoms with van der Waals surface area (Å²) in [5, 5.41) is 8.44. The summed E-state index contributed by atoms with van der Waals surface area (Å²) in [5.74, 6) is 0.831. The predicted octanol–water partition coefficient (Wildman–Crippen LogP) is 6.85. The van der Waals surface area contributed by atoms with Gasteiger partial charge in [-0.3, -0.25) is 0 Å². The van der Waals surface area contributed by atoms with Crippen LogP contribution in [0.5, 0.6) is 5.75 Å². The van der Waals surface area contributed by atoms with Gasteiger partial charge in [0.15, 0.2) is 0 Å². The lowest BCUT2D eigenvalue weighted by atomic mass is 9.93. The Morgan fingerprint density at radius 2 is 1.79 bits per heavy atom. The monoisotopic (exact) mass is 422 g/mol. The summed E-state index contributed by atoms with van der Waals surface area (Å²) in [6.07, 6.45) is 0.409. The molecule has 2 atom stereocenters. The van der Waals surface area contributed by atoms with Gasteiger partial charge in [-0.25, -0.2) is 5.01 Å². The van der Waals surface area contributed by atoms with Crippen molar-refractivity contribution >= 4 is 28.9 Å². The third-order valence-corrected chi connectivity index (χ3v) is 6.21. The molecule has 0 saturated heterocycles. The van der Waals surface area contributed by atoms with E-state index in [4.69, 9.17) is 33.0 Å². The molecule has 29 heavy (non-hydrogen) atoms. The molecule has 146 valence electrons. The van der Waals surface area contributed by atoms with Crippen molar-refractivity contribution in [2.24, 2.45) is 5.10 Å². The zero-order valence-electron chi connectivity index (χ0n) is 16.2. The summed E-state index contributed by atoms with van der Waals surface area (Å²) in [7, 11) is 0. The van der Waals surface area contributed by atoms with Crippen LogP contribution in [0, 0.1) is 13.8 Å². The van der Waals surface area contributed by atoms with E-state index in [1.54, 1.807) is 0 Å². The summed E-state index contributed by atoms with van der Waals surface area (Å²) in [5.41, 5.74) is 6.65. The topological polar surface area (TPSA) is 24.8 Å². The molecule has 0 amide bonds. The van der Waals surface area contributed by atoms with Crippen LogP contribution in [0.2, 0.25) is 10.0 Å². The van der Waals surface area contributed by atoms with Crippen LogP contribution in [-0.4, -0.2) is 10.7 Å². The van der Waals surface area contributed by atoms with Crippen LogP contribution in [0.4, 0.5) is 0 Å². The molecule has 5 heteroatoms. The number of hydrazone groups is 1. The van der Waals surface area contributed by atoms with Gasteiger partial charge in [-0.15, -0.1) is 0 Å². The maximum absolute atomic E-state index is 6.52. The van der Waals surface area contributed by atoms with E-state index in [0.29, 0.717) is 10.0 Å². The van der Waals surface area contributed by atoms with Crippen LogP contribution < -0.4 is 4.74 Å². The number of nitrogens with zero attached hydrogens (tertiary/aromatic N) is 2. The second-order valence-electron chi connectivity index (χ2n) is 7.64. The smallest absolute Gasteiger partial charge is 0.215 e. The van der Waals surface area contributed by atoms with E-state index in [9.17, 15) is 0 Å². The lowest BCUT2D eigenvalue weighted by molar-refractivity contribution is -0.0189. The number of ether oxygens (including phenoxy) is 1. The van der Waals surface area contributed by atoms with Crippen LogP contribution in [0.1, 0.15) is 46.5 Å². The first-order chi connectivity index (χ1) is 14.0. The van der Waals surface area contributed by atoms with Gasteiger partial charge in [0.1, 0.15) is 5.75 Å². The molecule has 0 aliphatic carbocycles. The van der Waals surface area contributed by atoms with Crippen molar-refractivity contribution < 1.29 is 4.74 Å². The van der Waals surface area contributed by atoms with E-state index >= 15 is 0 Å². The Balaban J connectivity index is 1.65. The Hall–Kier alpha value is -2.49. The molecule has 5 rings (SSSR count). The fourth-order valence-corrected chi connectivity index (χ4v) is 4.56. The van der Waals surface area contributed by atoms with Crippen LogP contribution in [0.15, 0.2) is 65.8 Å². The van der Waals surface area contributed by atoms with Gasteiger partial charge in [0.05, 0.1) is 11.8 Å². The van der Waals surface area contributed by atoms with Gasteiger partial charge in [-0.2, -0.15) is 5.10 Å². The molecule has 2 aliphatic rings. The van der Waals surface area contributed by atoms with Crippen molar-refractivity contribution in [2.75, 3.05) is 0 Å². The normalized spacial score (nSPS) is 20.0. The van der Waals surface area contributed by atoms with Gasteiger partial charge >= 0.3 is 0 Å². The Morgan fingerprint density at radius 3 is 2.62 bits per heavy atom. The number of hydrogen-bond acceptors (Lipinski definition) is 3. The molecule has 0 N–H and O–H groups in total. The van der Waals surface area contributed by atoms with Gasteiger partial charge in [-0.05, 0) is 49.7 Å². The van der Waals surface area contributed by atoms with Crippen molar-refractivity contribution in [3.63, 3.8) is 0 Å². The van der Waals surface area contributed by atoms with Gasteiger partial charge in [0, 0.05) is 33.2 Å². The van der Waals surface area contributed by atoms with Gasteiger partial charge in [-0.1, -0.05) is 59.1 Å². The quantitative estimate of drug-likeness (QED) is 0.450. The van der Waals surface area contributed by atoms with Crippen LogP contribution in [-0.2, 0) is 0 Å². The number of halogens is 2. The average molecular weight is 423 g/mol. The molecule has 3 aromatic carbocycles. The second kappa shape index (κ2) is 7.08. The Morgan fingerprint density at radius 1 is 0.966 bits per heavy atom. The molecule has 2 heterocycles. The summed E-state index contributed by atoms with van der Waals surface area (Å²) in [6.45, 7) is 4.23. The highest BCUT2D eigenvalue weighted by Gasteiger charge is 2.41. The number of rotatable bonds is 2. The zero-order valence-corrected chi connectivity index (χ0v) is 17.7. The molecule has 2 aliphatic heterocycles. The Labute approximate surface area is 180 Å². The highest BCUT2D eigenvalue weighted by molar-refractivity contribution is 6.31. The minimum absolute atomic E-state index is 0.0497. The highest BCUT2D eigenvalue weighted by atomic mass is 35.5. The van der Waals surface area contributed by atoms with E-state index in [0.717, 1.165) is 29.0 Å². The SMILES string of the molecule is Cc1ccc(C)c(C2=NN3[C@@H](C2)c2cc(Cl)ccc2O[C@H]3c2ccccc2Cl)c1. The number of aryl methyl sites for hydroxylation is 2. The fourth-order valence-electron chi connectivity index (χ4n) is 4.15. The van der Waals surface area contributed by atoms with Crippen LogP contribution in [0.25, 0.3) is 0 Å². The van der Waals surface area contributed by atoms with E-state index in [1.165, 1.54) is 16.7 Å². The second-order valence-corrected chi connectivity index (χ2v) is 8.48. The summed E-state index contributed by atoms with van der Waals surface area (Å²) < 4.78 is 6.38. The summed E-state index contributed by atoms with van der Waals surface area (Å²) in [6, 6.07) is 20.1. The first-order valence-corrected chi connectivity index (χ1v) is 10.4. The highest BCUT2D eigenvalue weighted by Crippen LogP contribution is 2.49. The molecule has 0 saturated carbocycles. The summed E-state index contributed by atoms with van der Waals surface area (Å²) >= 11 is 12.8. The van der Waals surface area contributed by atoms with Crippen LogP contribution in [0.3, 0.4) is 0 Å². The molecule has 0 fully saturated rings. The third kappa shape index (κ3) is 3.19. The van der Waals surface area contributed by atoms with E-state index in [2.05, 4.69) is 32.0 Å². The van der Waals surface area contributed by atoms with Gasteiger partial charge in [0.2, 0.25) is 6.23 Å². The molecule has 0 bridgehead atoms. The number of benzene rings is 3. The lowest BCUT2D eigenvalue weighted by Gasteiger charge is -2.38. The molecule has 0 radical (unpaired) electrons. The number of hydrogen-bond donors (Lipinski definition) is 0. The van der Waals surface area contributed by atoms with E-state index in [1.807, 2.05) is 47.5 Å². The Bertz CT molecular complexity index is 1140. The van der Waals surface area contributed by atoms with Crippen molar-refractivity contribution in [1.29, 1.82) is 0 Å². The van der Waals surface area contributed by atoms with Gasteiger partial charge in [0.25, 0.3) is 0 Å². The van der Waals surface area contributed by atoms with Crippen molar-refractivity contribution in [3.8, 4) is 5.75 Å². The zero-order chi connectivity index (χ0) is 20.1. The molecular weight excluding hydrogens is 403 g/mol. The summed E-state index contributed by atoms with van der Waals surface area (Å²) in [4.78, 5) is 0. The van der Waals surface area contributed by atoms with Crippen molar-refractivity contribution in [3.05, 3.63) is 98.5 Å². The first-order valence-electron chi connectivity index (χ1n) is 9.65. The molecular formula is C24H20Cl2N2O. The minimum atomic E-state index is -0.384. The first kappa shape index (κ1) is 18.5. The predicted molar refractivity (Wildman–Crippen MR) is 118 cm³/mol. The molecule has 0 aromatic heterocycles. The van der Waals surface area contributed by atoms with Gasteiger partial charge < -0.3 is 4.74 Å². The standard InChI is InChI=1S/C24H20Cl2N2O/c1-14-7-8-15(2)18(11-14)21-13-22-19-12-16(25)9-10-23(19)29-24(28(22)27-21)17-5-3-4-6-20(17)26/h3-12,22,24H,13H2,1-2H3/t22-,24-/m0/s1. The minimum Gasteiger partial charge on any atom is -0.464 e. The van der Waals surface area contributed by atoms with E-state index < -0.39 is 0 Å². The van der Waals surface area contributed by atoms with Crippen molar-refractivity contribution in [2.45, 2.75) is 32.5 Å². The van der Waals surface area contributed by atoms with Crippen molar-refractivity contribution in [1.82, 2.24) is 5.01 Å². The maximum Gasteiger partial charge on any atom is 0.215 e. The number of fused-ring (bicyclic) bond motifs is 3. The Kier molecular flexibility index (Phi) is 4.53. The molecule has 0 spiro atoms. The lowest BCUT2D eigenvalue weighted by Crippen LogP contribution is -2.33. The largest absolute Gasteiger partial charge is 0.464 e. The van der Waals surface area contributed by atoms with E-state index in [-0.39, 0.29) is 12.3 Å². The van der Waals surface area contributed by atoms with Crippen LogP contribution >= 0.6 is 23.2 Å². The average Bonchev–Trinajstić information content (AvgIpc) is 3.15. The molecule has 0 unspecified atom stereocenters. The fraction of sp³-hybridized carbons (Fsp3) is 0.208. The third-order valence-electron chi connectivity index (χ3n) is 5.63. The maximum atomic E-state index is 6.52. The molecule has 3 nitrogen and oxygen atoms in total. The molecule has 3 aromatic rings.